The van der Waals surface area contributed by atoms with E-state index < -0.39 is 0 Å². The molecule has 0 spiro atoms. The number of anilines is 1. The highest BCUT2D eigenvalue weighted by Crippen LogP contribution is 2.32. The van der Waals surface area contributed by atoms with Crippen molar-refractivity contribution < 1.29 is 4.74 Å². The van der Waals surface area contributed by atoms with Crippen LogP contribution in [0.15, 0.2) is 29.1 Å². The summed E-state index contributed by atoms with van der Waals surface area (Å²) in [5.74, 6) is 1.86. The topological polar surface area (TPSA) is 59.9 Å². The van der Waals surface area contributed by atoms with Gasteiger partial charge in [-0.25, -0.2) is 9.97 Å². The number of nitrogens with one attached hydrogen (secondary N) is 1. The summed E-state index contributed by atoms with van der Waals surface area (Å²) in [5.41, 5.74) is 0.813. The van der Waals surface area contributed by atoms with Gasteiger partial charge in [-0.2, -0.15) is 0 Å². The first-order valence-electron chi connectivity index (χ1n) is 5.56. The Labute approximate surface area is 114 Å². The molecule has 2 aromatic rings. The molecular formula is C12H13BrN4O. The van der Waals surface area contributed by atoms with Gasteiger partial charge in [0.05, 0.1) is 5.69 Å². The Morgan fingerprint density at radius 3 is 2.89 bits per heavy atom. The van der Waals surface area contributed by atoms with Crippen LogP contribution >= 0.6 is 15.9 Å². The van der Waals surface area contributed by atoms with Gasteiger partial charge in [0.25, 0.3) is 0 Å². The first-order valence-corrected chi connectivity index (χ1v) is 6.35. The van der Waals surface area contributed by atoms with Gasteiger partial charge in [-0.05, 0) is 41.9 Å². The maximum absolute atomic E-state index is 5.73. The summed E-state index contributed by atoms with van der Waals surface area (Å²) in [7, 11) is 0. The number of hydrogen-bond donors (Lipinski definition) is 1. The first kappa shape index (κ1) is 12.8. The summed E-state index contributed by atoms with van der Waals surface area (Å²) >= 11 is 3.43. The van der Waals surface area contributed by atoms with Crippen molar-refractivity contribution in [3.05, 3.63) is 34.8 Å². The molecule has 0 saturated carbocycles. The van der Waals surface area contributed by atoms with E-state index in [0.717, 1.165) is 12.2 Å². The predicted molar refractivity (Wildman–Crippen MR) is 72.9 cm³/mol. The average Bonchev–Trinajstić information content (AvgIpc) is 2.37. The van der Waals surface area contributed by atoms with Gasteiger partial charge in [-0.3, -0.25) is 4.98 Å². The zero-order valence-electron chi connectivity index (χ0n) is 10.1. The third kappa shape index (κ3) is 2.76. The monoisotopic (exact) mass is 308 g/mol. The molecule has 0 aliphatic heterocycles. The van der Waals surface area contributed by atoms with E-state index >= 15 is 0 Å². The smallest absolute Gasteiger partial charge is 0.238 e. The lowest BCUT2D eigenvalue weighted by atomic mass is 10.3. The third-order valence-corrected chi connectivity index (χ3v) is 2.98. The molecule has 0 fully saturated rings. The molecule has 0 amide bonds. The molecule has 0 unspecified atom stereocenters. The van der Waals surface area contributed by atoms with E-state index in [2.05, 4.69) is 36.2 Å². The van der Waals surface area contributed by atoms with Gasteiger partial charge in [-0.1, -0.05) is 0 Å². The summed E-state index contributed by atoms with van der Waals surface area (Å²) in [6.07, 6.45) is 3.19. The lowest BCUT2D eigenvalue weighted by Crippen LogP contribution is -2.02. The Morgan fingerprint density at radius 2 is 2.17 bits per heavy atom. The molecule has 2 heterocycles. The second-order valence-corrected chi connectivity index (χ2v) is 4.35. The highest BCUT2D eigenvalue weighted by Gasteiger charge is 2.11. The van der Waals surface area contributed by atoms with Gasteiger partial charge in [0, 0.05) is 12.7 Å². The first-order chi connectivity index (χ1) is 8.72. The lowest BCUT2D eigenvalue weighted by Gasteiger charge is -2.10. The van der Waals surface area contributed by atoms with E-state index in [-0.39, 0.29) is 0 Å². The largest absolute Gasteiger partial charge is 0.436 e. The molecule has 2 rings (SSSR count). The van der Waals surface area contributed by atoms with Gasteiger partial charge in [0.2, 0.25) is 5.88 Å². The van der Waals surface area contributed by atoms with Crippen LogP contribution in [0.4, 0.5) is 5.82 Å². The highest BCUT2D eigenvalue weighted by molar-refractivity contribution is 9.10. The zero-order valence-corrected chi connectivity index (χ0v) is 11.7. The number of aryl methyl sites for hydroxylation is 1. The van der Waals surface area contributed by atoms with E-state index in [1.54, 1.807) is 6.20 Å². The number of halogens is 1. The number of rotatable bonds is 4. The van der Waals surface area contributed by atoms with Crippen LogP contribution in [-0.4, -0.2) is 21.5 Å². The normalized spacial score (nSPS) is 10.2. The van der Waals surface area contributed by atoms with Crippen LogP contribution in [0.1, 0.15) is 12.6 Å². The van der Waals surface area contributed by atoms with Crippen LogP contribution in [-0.2, 0) is 0 Å². The third-order valence-electron chi connectivity index (χ3n) is 2.27. The number of hydrogen-bond acceptors (Lipinski definition) is 5. The number of nitrogens with zero attached hydrogens (tertiary/aromatic N) is 3. The van der Waals surface area contributed by atoms with Gasteiger partial charge < -0.3 is 10.1 Å². The van der Waals surface area contributed by atoms with Gasteiger partial charge in [-0.15, -0.1) is 0 Å². The maximum atomic E-state index is 5.73. The number of ether oxygens (including phenoxy) is 1. The fourth-order valence-electron chi connectivity index (χ4n) is 1.40. The highest BCUT2D eigenvalue weighted by atomic mass is 79.9. The second kappa shape index (κ2) is 5.77. The minimum absolute atomic E-state index is 0.469. The van der Waals surface area contributed by atoms with Crippen LogP contribution in [0.5, 0.6) is 11.6 Å². The summed E-state index contributed by atoms with van der Waals surface area (Å²) < 4.78 is 6.43. The molecule has 18 heavy (non-hydrogen) atoms. The molecule has 0 bridgehead atoms. The summed E-state index contributed by atoms with van der Waals surface area (Å²) in [6.45, 7) is 4.66. The van der Waals surface area contributed by atoms with Crippen LogP contribution in [0.3, 0.4) is 0 Å². The van der Waals surface area contributed by atoms with Crippen molar-refractivity contribution in [1.82, 2.24) is 15.0 Å². The lowest BCUT2D eigenvalue weighted by molar-refractivity contribution is 0.452. The molecule has 0 aromatic carbocycles. The number of pyridine rings is 1. The summed E-state index contributed by atoms with van der Waals surface area (Å²) in [4.78, 5) is 12.4. The van der Waals surface area contributed by atoms with Crippen LogP contribution in [0.2, 0.25) is 0 Å². The quantitative estimate of drug-likeness (QED) is 0.940. The molecule has 1 N–H and O–H groups in total. The second-order valence-electron chi connectivity index (χ2n) is 3.56. The molecule has 2 aromatic heterocycles. The van der Waals surface area contributed by atoms with E-state index in [0.29, 0.717) is 21.9 Å². The summed E-state index contributed by atoms with van der Waals surface area (Å²) in [6, 6.07) is 3.67. The maximum Gasteiger partial charge on any atom is 0.238 e. The standard InChI is InChI=1S/C12H13BrN4O/c1-3-14-11-10(13)12(17-7-16-11)18-9-5-4-6-15-8(9)2/h4-7H,3H2,1-2H3,(H,14,16,17). The average molecular weight is 309 g/mol. The zero-order chi connectivity index (χ0) is 13.0. The molecule has 5 nitrogen and oxygen atoms in total. The van der Waals surface area contributed by atoms with Crippen molar-refractivity contribution in [2.75, 3.05) is 11.9 Å². The van der Waals surface area contributed by atoms with Crippen molar-refractivity contribution in [3.63, 3.8) is 0 Å². The predicted octanol–water partition coefficient (Wildman–Crippen LogP) is 3.17. The van der Waals surface area contributed by atoms with E-state index in [1.807, 2.05) is 26.0 Å². The molecule has 94 valence electrons. The van der Waals surface area contributed by atoms with Crippen LogP contribution in [0, 0.1) is 6.92 Å². The molecule has 6 heteroatoms. The van der Waals surface area contributed by atoms with Gasteiger partial charge in [0.1, 0.15) is 16.6 Å². The van der Waals surface area contributed by atoms with Gasteiger partial charge in [0.15, 0.2) is 5.75 Å². The number of aromatic nitrogens is 3. The van der Waals surface area contributed by atoms with E-state index in [9.17, 15) is 0 Å². The molecule has 0 saturated heterocycles. The Bertz CT molecular complexity index is 547. The fraction of sp³-hybridized carbons (Fsp3) is 0.250. The van der Waals surface area contributed by atoms with Crippen molar-refractivity contribution in [2.45, 2.75) is 13.8 Å². The molecule has 0 aliphatic rings. The van der Waals surface area contributed by atoms with Crippen LogP contribution in [0.25, 0.3) is 0 Å². The van der Waals surface area contributed by atoms with Gasteiger partial charge >= 0.3 is 0 Å². The Morgan fingerprint density at radius 1 is 1.33 bits per heavy atom. The van der Waals surface area contributed by atoms with Crippen molar-refractivity contribution >= 4 is 21.7 Å². The van der Waals surface area contributed by atoms with E-state index in [1.165, 1.54) is 6.33 Å². The SMILES string of the molecule is CCNc1ncnc(Oc2cccnc2C)c1Br. The fourth-order valence-corrected chi connectivity index (χ4v) is 1.82. The molecular weight excluding hydrogens is 296 g/mol. The molecule has 0 radical (unpaired) electrons. The van der Waals surface area contributed by atoms with Crippen molar-refractivity contribution in [1.29, 1.82) is 0 Å². The molecule has 0 atom stereocenters. The summed E-state index contributed by atoms with van der Waals surface area (Å²) in [5, 5.41) is 3.12. The van der Waals surface area contributed by atoms with Crippen molar-refractivity contribution in [2.24, 2.45) is 0 Å². The van der Waals surface area contributed by atoms with Crippen molar-refractivity contribution in [3.8, 4) is 11.6 Å². The van der Waals surface area contributed by atoms with E-state index in [4.69, 9.17) is 4.74 Å². The minimum atomic E-state index is 0.469. The Kier molecular flexibility index (Phi) is 4.09. The Hall–Kier alpha value is -1.69. The minimum Gasteiger partial charge on any atom is -0.436 e. The molecule has 0 aliphatic carbocycles. The van der Waals surface area contributed by atoms with Crippen LogP contribution < -0.4 is 10.1 Å². The Balaban J connectivity index is 2.30.